The predicted molar refractivity (Wildman–Crippen MR) is 68.1 cm³/mol. The van der Waals surface area contributed by atoms with Crippen LogP contribution in [0.25, 0.3) is 0 Å². The summed E-state index contributed by atoms with van der Waals surface area (Å²) in [7, 11) is 0. The van der Waals surface area contributed by atoms with Crippen molar-refractivity contribution in [2.45, 2.75) is 38.1 Å². The first kappa shape index (κ1) is 11.3. The van der Waals surface area contributed by atoms with Crippen LogP contribution in [0.4, 0.5) is 0 Å². The Hall–Kier alpha value is -1.82. The van der Waals surface area contributed by atoms with Crippen LogP contribution in [0, 0.1) is 11.3 Å². The highest BCUT2D eigenvalue weighted by Crippen LogP contribution is 2.25. The number of rotatable bonds is 1. The Morgan fingerprint density at radius 3 is 2.94 bits per heavy atom. The van der Waals surface area contributed by atoms with E-state index in [-0.39, 0.29) is 11.9 Å². The van der Waals surface area contributed by atoms with E-state index in [0.29, 0.717) is 6.54 Å². The third-order valence-electron chi connectivity index (χ3n) is 4.01. The van der Waals surface area contributed by atoms with Gasteiger partial charge in [-0.1, -0.05) is 6.07 Å². The van der Waals surface area contributed by atoms with E-state index in [1.807, 2.05) is 12.1 Å². The fourth-order valence-corrected chi connectivity index (χ4v) is 3.01. The molecule has 0 N–H and O–H groups in total. The Morgan fingerprint density at radius 2 is 2.11 bits per heavy atom. The summed E-state index contributed by atoms with van der Waals surface area (Å²) in [6.45, 7) is 0.716. The van der Waals surface area contributed by atoms with Crippen molar-refractivity contribution in [1.29, 1.82) is 5.26 Å². The third kappa shape index (κ3) is 1.78. The SMILES string of the molecule is N#CC1CCCN1C(=O)c1ccc2c(c1)CCC2. The number of carbonyl (C=O) groups is 1. The number of nitriles is 1. The van der Waals surface area contributed by atoms with Gasteiger partial charge in [0.25, 0.3) is 5.91 Å². The van der Waals surface area contributed by atoms with Crippen molar-refractivity contribution < 1.29 is 4.79 Å². The number of benzene rings is 1. The maximum atomic E-state index is 12.4. The molecular weight excluding hydrogens is 224 g/mol. The van der Waals surface area contributed by atoms with Gasteiger partial charge in [-0.2, -0.15) is 5.26 Å². The Balaban J connectivity index is 1.87. The van der Waals surface area contributed by atoms with E-state index in [4.69, 9.17) is 5.26 Å². The number of aryl methyl sites for hydroxylation is 2. The Morgan fingerprint density at radius 1 is 1.28 bits per heavy atom. The van der Waals surface area contributed by atoms with Gasteiger partial charge >= 0.3 is 0 Å². The topological polar surface area (TPSA) is 44.1 Å². The van der Waals surface area contributed by atoms with Crippen molar-refractivity contribution >= 4 is 5.91 Å². The molecule has 0 radical (unpaired) electrons. The largest absolute Gasteiger partial charge is 0.323 e. The minimum atomic E-state index is -0.231. The zero-order chi connectivity index (χ0) is 12.5. The lowest BCUT2D eigenvalue weighted by Gasteiger charge is -2.19. The molecule has 1 fully saturated rings. The lowest BCUT2D eigenvalue weighted by atomic mass is 10.1. The highest BCUT2D eigenvalue weighted by Gasteiger charge is 2.29. The average molecular weight is 240 g/mol. The molecule has 1 unspecified atom stereocenters. The Labute approximate surface area is 107 Å². The van der Waals surface area contributed by atoms with E-state index in [9.17, 15) is 4.79 Å². The molecule has 1 aliphatic carbocycles. The van der Waals surface area contributed by atoms with Gasteiger partial charge in [-0.25, -0.2) is 0 Å². The standard InChI is InChI=1S/C15H16N2O/c16-10-14-5-2-8-17(14)15(18)13-7-6-11-3-1-4-12(11)9-13/h6-7,9,14H,1-5,8H2. The Bertz CT molecular complexity index is 530. The maximum absolute atomic E-state index is 12.4. The number of amides is 1. The van der Waals surface area contributed by atoms with Crippen LogP contribution >= 0.6 is 0 Å². The van der Waals surface area contributed by atoms with Gasteiger partial charge in [0.05, 0.1) is 6.07 Å². The number of likely N-dealkylation sites (tertiary alicyclic amines) is 1. The molecule has 0 bridgehead atoms. The second kappa shape index (κ2) is 4.45. The van der Waals surface area contributed by atoms with Crippen molar-refractivity contribution in [2.24, 2.45) is 0 Å². The van der Waals surface area contributed by atoms with Crippen LogP contribution < -0.4 is 0 Å². The minimum Gasteiger partial charge on any atom is -0.323 e. The highest BCUT2D eigenvalue weighted by atomic mass is 16.2. The van der Waals surface area contributed by atoms with Crippen LogP contribution in [0.3, 0.4) is 0 Å². The van der Waals surface area contributed by atoms with Crippen LogP contribution in [-0.2, 0) is 12.8 Å². The molecule has 1 aromatic rings. The Kier molecular flexibility index (Phi) is 2.79. The highest BCUT2D eigenvalue weighted by molar-refractivity contribution is 5.95. The molecule has 1 heterocycles. The van der Waals surface area contributed by atoms with Crippen molar-refractivity contribution in [3.05, 3.63) is 34.9 Å². The molecule has 0 spiro atoms. The fraction of sp³-hybridized carbons (Fsp3) is 0.467. The number of carbonyl (C=O) groups excluding carboxylic acids is 1. The van der Waals surface area contributed by atoms with Gasteiger partial charge < -0.3 is 4.90 Å². The van der Waals surface area contributed by atoms with E-state index in [1.54, 1.807) is 4.90 Å². The number of fused-ring (bicyclic) bond motifs is 1. The quantitative estimate of drug-likeness (QED) is 0.756. The molecule has 1 aromatic carbocycles. The average Bonchev–Trinajstić information content (AvgIpc) is 3.05. The molecule has 1 saturated heterocycles. The molecule has 92 valence electrons. The summed E-state index contributed by atoms with van der Waals surface area (Å²) in [5.41, 5.74) is 3.44. The molecule has 3 rings (SSSR count). The van der Waals surface area contributed by atoms with Gasteiger partial charge in [0.1, 0.15) is 6.04 Å². The molecule has 1 atom stereocenters. The molecule has 18 heavy (non-hydrogen) atoms. The van der Waals surface area contributed by atoms with Gasteiger partial charge in [-0.05, 0) is 55.4 Å². The maximum Gasteiger partial charge on any atom is 0.254 e. The van der Waals surface area contributed by atoms with Crippen molar-refractivity contribution in [3.8, 4) is 6.07 Å². The van der Waals surface area contributed by atoms with Gasteiger partial charge in [-0.15, -0.1) is 0 Å². The van der Waals surface area contributed by atoms with Crippen molar-refractivity contribution in [1.82, 2.24) is 4.90 Å². The summed E-state index contributed by atoms with van der Waals surface area (Å²) in [4.78, 5) is 14.1. The molecular formula is C15H16N2O. The van der Waals surface area contributed by atoms with Crippen molar-refractivity contribution in [3.63, 3.8) is 0 Å². The fourth-order valence-electron chi connectivity index (χ4n) is 3.01. The predicted octanol–water partition coefficient (Wildman–Crippen LogP) is 2.30. The number of hydrogen-bond acceptors (Lipinski definition) is 2. The minimum absolute atomic E-state index is 0.0220. The van der Waals surface area contributed by atoms with Gasteiger partial charge in [0.15, 0.2) is 0 Å². The molecule has 2 aliphatic rings. The van der Waals surface area contributed by atoms with E-state index in [2.05, 4.69) is 12.1 Å². The lowest BCUT2D eigenvalue weighted by molar-refractivity contribution is 0.0765. The number of nitrogens with zero attached hydrogens (tertiary/aromatic N) is 2. The summed E-state index contributed by atoms with van der Waals surface area (Å²) < 4.78 is 0. The van der Waals surface area contributed by atoms with Crippen molar-refractivity contribution in [2.75, 3.05) is 6.54 Å². The zero-order valence-electron chi connectivity index (χ0n) is 10.4. The second-order valence-electron chi connectivity index (χ2n) is 5.12. The summed E-state index contributed by atoms with van der Waals surface area (Å²) in [5.74, 6) is 0.0220. The monoisotopic (exact) mass is 240 g/mol. The van der Waals surface area contributed by atoms with E-state index < -0.39 is 0 Å². The smallest absolute Gasteiger partial charge is 0.254 e. The summed E-state index contributed by atoms with van der Waals surface area (Å²) in [5, 5.41) is 9.04. The molecule has 0 aromatic heterocycles. The van der Waals surface area contributed by atoms with E-state index in [0.717, 1.165) is 31.2 Å². The lowest BCUT2D eigenvalue weighted by Crippen LogP contribution is -2.34. The zero-order valence-corrected chi connectivity index (χ0v) is 10.4. The second-order valence-corrected chi connectivity index (χ2v) is 5.12. The first-order valence-electron chi connectivity index (χ1n) is 6.62. The summed E-state index contributed by atoms with van der Waals surface area (Å²) in [6.07, 6.45) is 5.16. The van der Waals surface area contributed by atoms with Gasteiger partial charge in [-0.3, -0.25) is 4.79 Å². The van der Waals surface area contributed by atoms with E-state index in [1.165, 1.54) is 17.5 Å². The van der Waals surface area contributed by atoms with Crippen LogP contribution in [0.15, 0.2) is 18.2 Å². The van der Waals surface area contributed by atoms with Crippen LogP contribution in [0.1, 0.15) is 40.7 Å². The third-order valence-corrected chi connectivity index (χ3v) is 4.01. The summed E-state index contributed by atoms with van der Waals surface area (Å²) in [6, 6.07) is 8.01. The van der Waals surface area contributed by atoms with Crippen LogP contribution in [0.5, 0.6) is 0 Å². The van der Waals surface area contributed by atoms with Gasteiger partial charge in [0.2, 0.25) is 0 Å². The normalized spacial score (nSPS) is 21.7. The molecule has 3 nitrogen and oxygen atoms in total. The van der Waals surface area contributed by atoms with Crippen LogP contribution in [0.2, 0.25) is 0 Å². The molecule has 0 saturated carbocycles. The summed E-state index contributed by atoms with van der Waals surface area (Å²) >= 11 is 0. The molecule has 3 heteroatoms. The van der Waals surface area contributed by atoms with Crippen LogP contribution in [-0.4, -0.2) is 23.4 Å². The first-order chi connectivity index (χ1) is 8.79. The molecule has 1 aliphatic heterocycles. The van der Waals surface area contributed by atoms with Gasteiger partial charge in [0, 0.05) is 12.1 Å². The first-order valence-corrected chi connectivity index (χ1v) is 6.62. The number of hydrogen-bond donors (Lipinski definition) is 0. The molecule has 1 amide bonds. The van der Waals surface area contributed by atoms with E-state index >= 15 is 0 Å².